The number of halogens is 1. The van der Waals surface area contributed by atoms with Crippen molar-refractivity contribution >= 4 is 0 Å². The number of benzene rings is 1. The van der Waals surface area contributed by atoms with Crippen molar-refractivity contribution in [2.24, 2.45) is 0 Å². The zero-order chi connectivity index (χ0) is 15.7. The number of hydrogen-bond donors (Lipinski definition) is 1. The van der Waals surface area contributed by atoms with E-state index in [2.05, 4.69) is 31.0 Å². The third-order valence-electron chi connectivity index (χ3n) is 3.86. The summed E-state index contributed by atoms with van der Waals surface area (Å²) in [4.78, 5) is 2.36. The quantitative estimate of drug-likeness (QED) is 0.714. The molecule has 1 unspecified atom stereocenters. The summed E-state index contributed by atoms with van der Waals surface area (Å²) in [5.74, 6) is 0.0757. The van der Waals surface area contributed by atoms with E-state index in [0.717, 1.165) is 39.0 Å². The molecule has 4 heteroatoms. The molecule has 0 aliphatic heterocycles. The predicted molar refractivity (Wildman–Crippen MR) is 86.4 cm³/mol. The molecule has 3 nitrogen and oxygen atoms in total. The molecule has 0 aromatic heterocycles. The molecule has 0 fully saturated rings. The van der Waals surface area contributed by atoms with E-state index >= 15 is 0 Å². The fourth-order valence-electron chi connectivity index (χ4n) is 2.49. The Balaban J connectivity index is 2.86. The first-order chi connectivity index (χ1) is 10.2. The smallest absolute Gasteiger partial charge is 0.169 e. The Hall–Kier alpha value is -1.13. The van der Waals surface area contributed by atoms with Crippen LogP contribution in [0.3, 0.4) is 0 Å². The lowest BCUT2D eigenvalue weighted by Crippen LogP contribution is -2.30. The number of nitrogens with zero attached hydrogens (tertiary/aromatic N) is 1. The average Bonchev–Trinajstić information content (AvgIpc) is 2.52. The molecule has 1 aromatic carbocycles. The summed E-state index contributed by atoms with van der Waals surface area (Å²) in [6.45, 7) is 10.3. The Bertz CT molecular complexity index is 408. The Morgan fingerprint density at radius 1 is 1.24 bits per heavy atom. The Morgan fingerprint density at radius 3 is 2.52 bits per heavy atom. The van der Waals surface area contributed by atoms with Crippen LogP contribution in [0.2, 0.25) is 0 Å². The molecule has 0 saturated heterocycles. The standard InChI is InChI=1S/C17H29FN2O/c1-5-12-19-15(11-13-20(6-2)7-3)14-9-8-10-16(21-4)17(14)18/h8-10,15,19H,5-7,11-13H2,1-4H3. The predicted octanol–water partition coefficient (Wildman–Crippen LogP) is 3.61. The molecule has 1 atom stereocenters. The highest BCUT2D eigenvalue weighted by Gasteiger charge is 2.18. The molecule has 0 saturated carbocycles. The van der Waals surface area contributed by atoms with E-state index in [0.29, 0.717) is 11.3 Å². The topological polar surface area (TPSA) is 24.5 Å². The second-order valence-electron chi connectivity index (χ2n) is 5.19. The average molecular weight is 296 g/mol. The van der Waals surface area contributed by atoms with Crippen LogP contribution in [0.4, 0.5) is 4.39 Å². The van der Waals surface area contributed by atoms with Crippen LogP contribution in [0.25, 0.3) is 0 Å². The van der Waals surface area contributed by atoms with E-state index in [1.54, 1.807) is 6.07 Å². The minimum atomic E-state index is -0.242. The summed E-state index contributed by atoms with van der Waals surface area (Å²) in [7, 11) is 1.51. The third-order valence-corrected chi connectivity index (χ3v) is 3.86. The van der Waals surface area contributed by atoms with E-state index in [-0.39, 0.29) is 11.9 Å². The van der Waals surface area contributed by atoms with E-state index in [4.69, 9.17) is 4.74 Å². The van der Waals surface area contributed by atoms with E-state index in [1.165, 1.54) is 7.11 Å². The van der Waals surface area contributed by atoms with Crippen LogP contribution in [0.1, 0.15) is 45.2 Å². The second-order valence-corrected chi connectivity index (χ2v) is 5.19. The van der Waals surface area contributed by atoms with Gasteiger partial charge in [0, 0.05) is 11.6 Å². The first-order valence-electron chi connectivity index (χ1n) is 7.95. The van der Waals surface area contributed by atoms with Crippen LogP contribution in [-0.2, 0) is 0 Å². The van der Waals surface area contributed by atoms with Crippen molar-refractivity contribution in [3.05, 3.63) is 29.6 Å². The lowest BCUT2D eigenvalue weighted by atomic mass is 10.0. The van der Waals surface area contributed by atoms with Gasteiger partial charge in [0.1, 0.15) is 0 Å². The molecule has 0 heterocycles. The van der Waals surface area contributed by atoms with Gasteiger partial charge in [0.25, 0.3) is 0 Å². The largest absolute Gasteiger partial charge is 0.494 e. The number of methoxy groups -OCH3 is 1. The molecular formula is C17H29FN2O. The van der Waals surface area contributed by atoms with E-state index < -0.39 is 0 Å². The maximum atomic E-state index is 14.5. The molecule has 0 aliphatic rings. The molecule has 0 radical (unpaired) electrons. The maximum absolute atomic E-state index is 14.5. The maximum Gasteiger partial charge on any atom is 0.169 e. The monoisotopic (exact) mass is 296 g/mol. The van der Waals surface area contributed by atoms with Gasteiger partial charge in [0.15, 0.2) is 11.6 Å². The normalized spacial score (nSPS) is 12.7. The summed E-state index contributed by atoms with van der Waals surface area (Å²) in [5.41, 5.74) is 0.704. The van der Waals surface area contributed by atoms with E-state index in [9.17, 15) is 4.39 Å². The Morgan fingerprint density at radius 2 is 1.95 bits per heavy atom. The van der Waals surface area contributed by atoms with Gasteiger partial charge < -0.3 is 15.0 Å². The summed E-state index contributed by atoms with van der Waals surface area (Å²) in [6, 6.07) is 5.41. The van der Waals surface area contributed by atoms with Crippen LogP contribution in [0.5, 0.6) is 5.75 Å². The molecule has 0 aliphatic carbocycles. The number of rotatable bonds is 10. The van der Waals surface area contributed by atoms with Gasteiger partial charge in [-0.05, 0) is 45.1 Å². The van der Waals surface area contributed by atoms with Crippen molar-refractivity contribution in [3.8, 4) is 5.75 Å². The van der Waals surface area contributed by atoms with Crippen molar-refractivity contribution in [3.63, 3.8) is 0 Å². The first kappa shape index (κ1) is 17.9. The van der Waals surface area contributed by atoms with Gasteiger partial charge in [-0.1, -0.05) is 32.9 Å². The summed E-state index contributed by atoms with van der Waals surface area (Å²) < 4.78 is 19.6. The van der Waals surface area contributed by atoms with Crippen LogP contribution in [-0.4, -0.2) is 38.2 Å². The number of ether oxygens (including phenoxy) is 1. The molecule has 1 N–H and O–H groups in total. The second kappa shape index (κ2) is 9.74. The van der Waals surface area contributed by atoms with Crippen molar-refractivity contribution in [2.45, 2.75) is 39.7 Å². The summed E-state index contributed by atoms with van der Waals surface area (Å²) >= 11 is 0. The van der Waals surface area contributed by atoms with Crippen LogP contribution < -0.4 is 10.1 Å². The summed E-state index contributed by atoms with van der Waals surface area (Å²) in [6.07, 6.45) is 1.93. The molecule has 0 amide bonds. The highest BCUT2D eigenvalue weighted by molar-refractivity contribution is 5.33. The Kier molecular flexibility index (Phi) is 8.31. The molecule has 1 rings (SSSR count). The zero-order valence-corrected chi connectivity index (χ0v) is 13.8. The first-order valence-corrected chi connectivity index (χ1v) is 7.95. The van der Waals surface area contributed by atoms with Crippen LogP contribution in [0, 0.1) is 5.82 Å². The van der Waals surface area contributed by atoms with Crippen molar-refractivity contribution in [2.75, 3.05) is 33.3 Å². The molecule has 0 spiro atoms. The molecular weight excluding hydrogens is 267 g/mol. The fourth-order valence-corrected chi connectivity index (χ4v) is 2.49. The van der Waals surface area contributed by atoms with Gasteiger partial charge in [-0.3, -0.25) is 0 Å². The van der Waals surface area contributed by atoms with Crippen LogP contribution in [0.15, 0.2) is 18.2 Å². The van der Waals surface area contributed by atoms with Crippen molar-refractivity contribution < 1.29 is 9.13 Å². The summed E-state index contributed by atoms with van der Waals surface area (Å²) in [5, 5.41) is 3.46. The molecule has 120 valence electrons. The van der Waals surface area contributed by atoms with Gasteiger partial charge in [0.05, 0.1) is 7.11 Å². The van der Waals surface area contributed by atoms with Gasteiger partial charge in [0.2, 0.25) is 0 Å². The SMILES string of the molecule is CCCNC(CCN(CC)CC)c1cccc(OC)c1F. The third kappa shape index (κ3) is 5.29. The highest BCUT2D eigenvalue weighted by Crippen LogP contribution is 2.27. The zero-order valence-electron chi connectivity index (χ0n) is 13.8. The van der Waals surface area contributed by atoms with Gasteiger partial charge in [-0.2, -0.15) is 0 Å². The minimum absolute atomic E-state index is 0.0284. The van der Waals surface area contributed by atoms with Crippen molar-refractivity contribution in [1.29, 1.82) is 0 Å². The number of hydrogen-bond acceptors (Lipinski definition) is 3. The number of nitrogens with one attached hydrogen (secondary N) is 1. The van der Waals surface area contributed by atoms with Crippen molar-refractivity contribution in [1.82, 2.24) is 10.2 Å². The van der Waals surface area contributed by atoms with E-state index in [1.807, 2.05) is 12.1 Å². The molecule has 0 bridgehead atoms. The Labute approximate surface area is 128 Å². The van der Waals surface area contributed by atoms with Gasteiger partial charge >= 0.3 is 0 Å². The van der Waals surface area contributed by atoms with Gasteiger partial charge in [-0.15, -0.1) is 0 Å². The highest BCUT2D eigenvalue weighted by atomic mass is 19.1. The fraction of sp³-hybridized carbons (Fsp3) is 0.647. The molecule has 21 heavy (non-hydrogen) atoms. The molecule has 1 aromatic rings. The lowest BCUT2D eigenvalue weighted by Gasteiger charge is -2.24. The lowest BCUT2D eigenvalue weighted by molar-refractivity contribution is 0.279. The van der Waals surface area contributed by atoms with Crippen LogP contribution >= 0.6 is 0 Å². The minimum Gasteiger partial charge on any atom is -0.494 e. The van der Waals surface area contributed by atoms with Gasteiger partial charge in [-0.25, -0.2) is 4.39 Å².